The highest BCUT2D eigenvalue weighted by Gasteiger charge is 2.34. The van der Waals surface area contributed by atoms with E-state index in [1.54, 1.807) is 0 Å². The summed E-state index contributed by atoms with van der Waals surface area (Å²) < 4.78 is 0. The van der Waals surface area contributed by atoms with E-state index in [9.17, 15) is 0 Å². The first kappa shape index (κ1) is 6.05. The first-order chi connectivity index (χ1) is 4.38. The van der Waals surface area contributed by atoms with Crippen LogP contribution < -0.4 is 0 Å². The Bertz CT molecular complexity index is 115. The summed E-state index contributed by atoms with van der Waals surface area (Å²) in [4.78, 5) is 2.64. The van der Waals surface area contributed by atoms with E-state index in [-0.39, 0.29) is 0 Å². The van der Waals surface area contributed by atoms with Crippen LogP contribution in [-0.4, -0.2) is 28.6 Å². The minimum Gasteiger partial charge on any atom is -0.288 e. The van der Waals surface area contributed by atoms with E-state index in [1.165, 1.54) is 25.1 Å². The minimum atomic E-state index is 0.817. The Labute approximate surface area is 60.8 Å². The van der Waals surface area contributed by atoms with Crippen LogP contribution in [0.4, 0.5) is 0 Å². The van der Waals surface area contributed by atoms with Crippen molar-refractivity contribution < 1.29 is 0 Å². The summed E-state index contributed by atoms with van der Waals surface area (Å²) in [5, 5.41) is 0.817. The molecule has 2 heteroatoms. The molecule has 0 saturated carbocycles. The number of hydrogen-bond donors (Lipinski definition) is 0. The van der Waals surface area contributed by atoms with Crippen molar-refractivity contribution in [3.8, 4) is 0 Å². The van der Waals surface area contributed by atoms with Crippen molar-refractivity contribution >= 4 is 11.8 Å². The molecule has 2 aliphatic heterocycles. The maximum absolute atomic E-state index is 2.64. The van der Waals surface area contributed by atoms with Gasteiger partial charge in [-0.1, -0.05) is 0 Å². The zero-order chi connectivity index (χ0) is 6.27. The van der Waals surface area contributed by atoms with Gasteiger partial charge in [0.15, 0.2) is 0 Å². The van der Waals surface area contributed by atoms with Crippen LogP contribution in [-0.2, 0) is 0 Å². The molecule has 52 valence electrons. The maximum Gasteiger partial charge on any atom is 0.0532 e. The summed E-state index contributed by atoms with van der Waals surface area (Å²) in [6, 6.07) is 0.949. The average Bonchev–Trinajstić information content (AvgIpc) is 2.35. The smallest absolute Gasteiger partial charge is 0.0532 e. The molecule has 2 saturated heterocycles. The molecule has 1 nitrogen and oxygen atoms in total. The number of hydrogen-bond acceptors (Lipinski definition) is 2. The fraction of sp³-hybridized carbons (Fsp3) is 1.00. The Morgan fingerprint density at radius 2 is 2.44 bits per heavy atom. The van der Waals surface area contributed by atoms with Crippen LogP contribution >= 0.6 is 11.8 Å². The molecule has 0 N–H and O–H groups in total. The highest BCUT2D eigenvalue weighted by Crippen LogP contribution is 2.34. The molecule has 9 heavy (non-hydrogen) atoms. The molecule has 0 aliphatic carbocycles. The van der Waals surface area contributed by atoms with Gasteiger partial charge in [0.25, 0.3) is 0 Å². The Morgan fingerprint density at radius 3 is 3.22 bits per heavy atom. The zero-order valence-corrected chi connectivity index (χ0v) is 6.66. The first-order valence-corrected chi connectivity index (χ1v) is 4.80. The van der Waals surface area contributed by atoms with Gasteiger partial charge in [-0.05, 0) is 26.3 Å². The van der Waals surface area contributed by atoms with Crippen molar-refractivity contribution in [3.63, 3.8) is 0 Å². The van der Waals surface area contributed by atoms with Gasteiger partial charge in [-0.25, -0.2) is 0 Å². The highest BCUT2D eigenvalue weighted by atomic mass is 32.2. The van der Waals surface area contributed by atoms with Gasteiger partial charge in [0.1, 0.15) is 0 Å². The molecule has 2 fully saturated rings. The fourth-order valence-corrected chi connectivity index (χ4v) is 3.19. The molecule has 0 bridgehead atoms. The van der Waals surface area contributed by atoms with Crippen LogP contribution in [0.2, 0.25) is 0 Å². The standard InChI is InChI=1S/C7H13NS/c1-6-8-4-2-3-7(8)5-9-6/h6-7H,2-5H2,1H3/t6-,7+/m0/s1. The molecule has 2 atom stereocenters. The van der Waals surface area contributed by atoms with Crippen LogP contribution in [0.1, 0.15) is 19.8 Å². The fourth-order valence-electron chi connectivity index (χ4n) is 1.86. The topological polar surface area (TPSA) is 3.24 Å². The second-order valence-electron chi connectivity index (χ2n) is 2.97. The van der Waals surface area contributed by atoms with E-state index in [0.29, 0.717) is 0 Å². The van der Waals surface area contributed by atoms with Gasteiger partial charge in [-0.15, -0.1) is 11.8 Å². The molecule has 0 unspecified atom stereocenters. The third-order valence-corrected chi connectivity index (χ3v) is 3.75. The molecule has 0 radical (unpaired) electrons. The Kier molecular flexibility index (Phi) is 1.46. The summed E-state index contributed by atoms with van der Waals surface area (Å²) in [5.41, 5.74) is 0. The van der Waals surface area contributed by atoms with Gasteiger partial charge in [0.05, 0.1) is 5.37 Å². The Morgan fingerprint density at radius 1 is 1.56 bits per heavy atom. The maximum atomic E-state index is 2.64. The Balaban J connectivity index is 2.07. The van der Waals surface area contributed by atoms with E-state index in [2.05, 4.69) is 23.6 Å². The lowest BCUT2D eigenvalue weighted by Crippen LogP contribution is -2.28. The van der Waals surface area contributed by atoms with Crippen molar-refractivity contribution in [1.29, 1.82) is 0 Å². The van der Waals surface area contributed by atoms with E-state index in [0.717, 1.165) is 11.4 Å². The summed E-state index contributed by atoms with van der Waals surface area (Å²) in [5.74, 6) is 1.39. The highest BCUT2D eigenvalue weighted by molar-refractivity contribution is 8.00. The monoisotopic (exact) mass is 143 g/mol. The van der Waals surface area contributed by atoms with Gasteiger partial charge in [-0.3, -0.25) is 4.90 Å². The second-order valence-corrected chi connectivity index (χ2v) is 4.32. The van der Waals surface area contributed by atoms with E-state index >= 15 is 0 Å². The van der Waals surface area contributed by atoms with Gasteiger partial charge in [0.2, 0.25) is 0 Å². The van der Waals surface area contributed by atoms with Crippen LogP contribution in [0.25, 0.3) is 0 Å². The van der Waals surface area contributed by atoms with Crippen molar-refractivity contribution in [2.75, 3.05) is 12.3 Å². The number of rotatable bonds is 0. The van der Waals surface area contributed by atoms with Crippen LogP contribution in [0, 0.1) is 0 Å². The quantitative estimate of drug-likeness (QED) is 0.506. The number of thioether (sulfide) groups is 1. The van der Waals surface area contributed by atoms with Crippen LogP contribution in [0.15, 0.2) is 0 Å². The third-order valence-electron chi connectivity index (χ3n) is 2.42. The van der Waals surface area contributed by atoms with E-state index < -0.39 is 0 Å². The van der Waals surface area contributed by atoms with Crippen LogP contribution in [0.5, 0.6) is 0 Å². The summed E-state index contributed by atoms with van der Waals surface area (Å²) in [7, 11) is 0. The molecule has 0 aromatic rings. The second kappa shape index (κ2) is 2.17. The minimum absolute atomic E-state index is 0.817. The predicted molar refractivity (Wildman–Crippen MR) is 41.6 cm³/mol. The molecule has 0 spiro atoms. The van der Waals surface area contributed by atoms with Crippen molar-refractivity contribution in [1.82, 2.24) is 4.90 Å². The van der Waals surface area contributed by atoms with E-state index in [1.807, 2.05) is 0 Å². The molecule has 0 aromatic carbocycles. The average molecular weight is 143 g/mol. The summed E-state index contributed by atoms with van der Waals surface area (Å²) >= 11 is 2.12. The van der Waals surface area contributed by atoms with Gasteiger partial charge < -0.3 is 0 Å². The van der Waals surface area contributed by atoms with Crippen molar-refractivity contribution in [2.45, 2.75) is 31.2 Å². The molecular weight excluding hydrogens is 130 g/mol. The largest absolute Gasteiger partial charge is 0.288 e. The third kappa shape index (κ3) is 0.887. The van der Waals surface area contributed by atoms with Crippen LogP contribution in [0.3, 0.4) is 0 Å². The molecule has 0 amide bonds. The van der Waals surface area contributed by atoms with Gasteiger partial charge in [-0.2, -0.15) is 0 Å². The zero-order valence-electron chi connectivity index (χ0n) is 5.84. The molecule has 0 aromatic heterocycles. The number of nitrogens with zero attached hydrogens (tertiary/aromatic N) is 1. The SMILES string of the molecule is C[C@@H]1SC[C@H]2CCCN21. The summed E-state index contributed by atoms with van der Waals surface area (Å²) in [6.45, 7) is 3.69. The van der Waals surface area contributed by atoms with Gasteiger partial charge in [0, 0.05) is 11.8 Å². The summed E-state index contributed by atoms with van der Waals surface area (Å²) in [6.07, 6.45) is 2.90. The lowest BCUT2D eigenvalue weighted by atomic mass is 10.2. The van der Waals surface area contributed by atoms with Crippen molar-refractivity contribution in [3.05, 3.63) is 0 Å². The lowest BCUT2D eigenvalue weighted by Gasteiger charge is -2.17. The Hall–Kier alpha value is 0.310. The van der Waals surface area contributed by atoms with Gasteiger partial charge >= 0.3 is 0 Å². The van der Waals surface area contributed by atoms with Crippen molar-refractivity contribution in [2.24, 2.45) is 0 Å². The molecule has 2 rings (SSSR count). The lowest BCUT2D eigenvalue weighted by molar-refractivity contribution is 0.284. The normalized spacial score (nSPS) is 43.7. The molecular formula is C7H13NS. The predicted octanol–water partition coefficient (Wildman–Crippen LogP) is 1.54. The molecule has 2 aliphatic rings. The molecule has 2 heterocycles. The number of fused-ring (bicyclic) bond motifs is 1. The first-order valence-electron chi connectivity index (χ1n) is 3.75. The van der Waals surface area contributed by atoms with E-state index in [4.69, 9.17) is 0 Å².